The van der Waals surface area contributed by atoms with E-state index in [-0.39, 0.29) is 5.75 Å². The number of aromatic hydroxyl groups is 1. The van der Waals surface area contributed by atoms with Gasteiger partial charge in [-0.25, -0.2) is 0 Å². The van der Waals surface area contributed by atoms with Gasteiger partial charge in [-0.05, 0) is 38.5 Å². The monoisotopic (exact) mass is 268 g/mol. The third kappa shape index (κ3) is 2.55. The normalized spacial score (nSPS) is 16.0. The second kappa shape index (κ2) is 4.69. The third-order valence-electron chi connectivity index (χ3n) is 4.49. The summed E-state index contributed by atoms with van der Waals surface area (Å²) in [5.74, 6) is 0.312. The molecule has 3 N–H and O–H groups in total. The lowest BCUT2D eigenvalue weighted by molar-refractivity contribution is -0.161. The van der Waals surface area contributed by atoms with Gasteiger partial charge in [-0.1, -0.05) is 19.9 Å². The summed E-state index contributed by atoms with van der Waals surface area (Å²) in [7, 11) is 1.45. The molecule has 1 atom stereocenters. The third-order valence-corrected chi connectivity index (χ3v) is 4.49. The SMILES string of the molecule is COc1cc(C(C)(O)C(C)(C)C(C)(C)O)ccc1O. The molecule has 0 spiro atoms. The van der Waals surface area contributed by atoms with Crippen LogP contribution in [-0.4, -0.2) is 28.0 Å². The van der Waals surface area contributed by atoms with Crippen molar-refractivity contribution in [1.29, 1.82) is 0 Å². The predicted octanol–water partition coefficient (Wildman–Crippen LogP) is 2.41. The van der Waals surface area contributed by atoms with Gasteiger partial charge in [-0.15, -0.1) is 0 Å². The molecule has 1 aromatic carbocycles. The van der Waals surface area contributed by atoms with E-state index in [1.165, 1.54) is 13.2 Å². The van der Waals surface area contributed by atoms with E-state index in [1.807, 2.05) is 0 Å². The average molecular weight is 268 g/mol. The maximum atomic E-state index is 10.9. The zero-order valence-electron chi connectivity index (χ0n) is 12.5. The molecule has 108 valence electrons. The van der Waals surface area contributed by atoms with Gasteiger partial charge in [0.15, 0.2) is 11.5 Å². The van der Waals surface area contributed by atoms with Crippen LogP contribution in [0, 0.1) is 5.41 Å². The predicted molar refractivity (Wildman–Crippen MR) is 74.3 cm³/mol. The zero-order valence-corrected chi connectivity index (χ0v) is 12.5. The van der Waals surface area contributed by atoms with Crippen LogP contribution < -0.4 is 4.74 Å². The van der Waals surface area contributed by atoms with E-state index >= 15 is 0 Å². The number of phenolic OH excluding ortho intramolecular Hbond substituents is 1. The molecule has 1 unspecified atom stereocenters. The van der Waals surface area contributed by atoms with E-state index in [9.17, 15) is 15.3 Å². The van der Waals surface area contributed by atoms with E-state index in [1.54, 1.807) is 46.8 Å². The van der Waals surface area contributed by atoms with E-state index < -0.39 is 16.6 Å². The van der Waals surface area contributed by atoms with Crippen molar-refractivity contribution < 1.29 is 20.1 Å². The number of phenols is 1. The lowest BCUT2D eigenvalue weighted by atomic mass is 9.63. The summed E-state index contributed by atoms with van der Waals surface area (Å²) in [6.45, 7) is 8.58. The van der Waals surface area contributed by atoms with Gasteiger partial charge in [-0.3, -0.25) is 0 Å². The van der Waals surface area contributed by atoms with E-state index in [2.05, 4.69) is 0 Å². The Balaban J connectivity index is 3.35. The summed E-state index contributed by atoms with van der Waals surface area (Å²) >= 11 is 0. The van der Waals surface area contributed by atoms with Gasteiger partial charge in [0, 0.05) is 5.41 Å². The van der Waals surface area contributed by atoms with Crippen LogP contribution in [0.4, 0.5) is 0 Å². The van der Waals surface area contributed by atoms with Crippen molar-refractivity contribution in [3.05, 3.63) is 23.8 Å². The second-order valence-electron chi connectivity index (χ2n) is 6.14. The number of rotatable bonds is 4. The fourth-order valence-electron chi connectivity index (χ4n) is 1.94. The molecule has 4 heteroatoms. The number of methoxy groups -OCH3 is 1. The van der Waals surface area contributed by atoms with Gasteiger partial charge in [0.25, 0.3) is 0 Å². The van der Waals surface area contributed by atoms with Crippen molar-refractivity contribution in [2.45, 2.75) is 45.8 Å². The van der Waals surface area contributed by atoms with Crippen LogP contribution in [0.25, 0.3) is 0 Å². The van der Waals surface area contributed by atoms with Crippen LogP contribution in [0.15, 0.2) is 18.2 Å². The van der Waals surface area contributed by atoms with Crippen LogP contribution >= 0.6 is 0 Å². The molecule has 0 aromatic heterocycles. The molecule has 0 fully saturated rings. The Labute approximate surface area is 114 Å². The summed E-state index contributed by atoms with van der Waals surface area (Å²) in [6, 6.07) is 4.69. The van der Waals surface area contributed by atoms with Crippen LogP contribution in [0.5, 0.6) is 11.5 Å². The maximum absolute atomic E-state index is 10.9. The first kappa shape index (κ1) is 15.8. The molecule has 0 amide bonds. The lowest BCUT2D eigenvalue weighted by Gasteiger charge is -2.48. The minimum absolute atomic E-state index is 0.0168. The fraction of sp³-hybridized carbons (Fsp3) is 0.600. The highest BCUT2D eigenvalue weighted by atomic mass is 16.5. The number of aliphatic hydroxyl groups is 2. The fourth-order valence-corrected chi connectivity index (χ4v) is 1.94. The minimum atomic E-state index is -1.29. The molecular weight excluding hydrogens is 244 g/mol. The number of hydrogen-bond donors (Lipinski definition) is 3. The maximum Gasteiger partial charge on any atom is 0.160 e. The van der Waals surface area contributed by atoms with Crippen molar-refractivity contribution in [3.63, 3.8) is 0 Å². The van der Waals surface area contributed by atoms with Crippen molar-refractivity contribution in [2.75, 3.05) is 7.11 Å². The van der Waals surface area contributed by atoms with Crippen molar-refractivity contribution in [1.82, 2.24) is 0 Å². The highest BCUT2D eigenvalue weighted by molar-refractivity contribution is 5.44. The van der Waals surface area contributed by atoms with Gasteiger partial charge < -0.3 is 20.1 Å². The molecule has 4 nitrogen and oxygen atoms in total. The molecule has 0 aliphatic carbocycles. The Kier molecular flexibility index (Phi) is 3.90. The minimum Gasteiger partial charge on any atom is -0.504 e. The largest absolute Gasteiger partial charge is 0.504 e. The van der Waals surface area contributed by atoms with Crippen LogP contribution in [0.1, 0.15) is 40.2 Å². The molecule has 0 aliphatic rings. The molecular formula is C15H24O4. The molecule has 0 bridgehead atoms. The highest BCUT2D eigenvalue weighted by Gasteiger charge is 2.50. The van der Waals surface area contributed by atoms with Gasteiger partial charge in [-0.2, -0.15) is 0 Å². The van der Waals surface area contributed by atoms with E-state index in [4.69, 9.17) is 4.74 Å². The molecule has 0 saturated carbocycles. The molecule has 0 aliphatic heterocycles. The Bertz CT molecular complexity index is 456. The van der Waals surface area contributed by atoms with Crippen LogP contribution in [0.2, 0.25) is 0 Å². The Morgan fingerprint density at radius 3 is 1.95 bits per heavy atom. The van der Waals surface area contributed by atoms with Gasteiger partial charge >= 0.3 is 0 Å². The summed E-state index contributed by atoms with van der Waals surface area (Å²) < 4.78 is 5.06. The first-order chi connectivity index (χ1) is 8.45. The average Bonchev–Trinajstić information content (AvgIpc) is 2.27. The molecule has 0 saturated heterocycles. The number of hydrogen-bond acceptors (Lipinski definition) is 4. The van der Waals surface area contributed by atoms with Crippen LogP contribution in [-0.2, 0) is 5.60 Å². The van der Waals surface area contributed by atoms with Gasteiger partial charge in [0.2, 0.25) is 0 Å². The summed E-state index contributed by atoms with van der Waals surface area (Å²) in [6.07, 6.45) is 0. The zero-order chi connectivity index (χ0) is 15.1. The van der Waals surface area contributed by atoms with Gasteiger partial charge in [0.1, 0.15) is 0 Å². The standard InChI is InChI=1S/C15H24O4/c1-13(2,14(3,4)17)15(5,18)10-7-8-11(16)12(9-10)19-6/h7-9,16-18H,1-6H3. The van der Waals surface area contributed by atoms with Crippen molar-refractivity contribution >= 4 is 0 Å². The summed E-state index contributed by atoms with van der Waals surface area (Å²) in [4.78, 5) is 0. The lowest BCUT2D eigenvalue weighted by Crippen LogP contribution is -2.52. The van der Waals surface area contributed by atoms with Crippen molar-refractivity contribution in [3.8, 4) is 11.5 Å². The number of ether oxygens (including phenoxy) is 1. The Morgan fingerprint density at radius 2 is 1.53 bits per heavy atom. The smallest absolute Gasteiger partial charge is 0.160 e. The van der Waals surface area contributed by atoms with Crippen molar-refractivity contribution in [2.24, 2.45) is 5.41 Å². The topological polar surface area (TPSA) is 69.9 Å². The first-order valence-electron chi connectivity index (χ1n) is 6.27. The first-order valence-corrected chi connectivity index (χ1v) is 6.27. The highest BCUT2D eigenvalue weighted by Crippen LogP contribution is 2.47. The molecule has 0 heterocycles. The Hall–Kier alpha value is -1.26. The molecule has 1 rings (SSSR count). The molecule has 0 radical (unpaired) electrons. The number of benzene rings is 1. The Morgan fingerprint density at radius 1 is 1.00 bits per heavy atom. The quantitative estimate of drug-likeness (QED) is 0.784. The van der Waals surface area contributed by atoms with E-state index in [0.29, 0.717) is 11.3 Å². The molecule has 19 heavy (non-hydrogen) atoms. The van der Waals surface area contributed by atoms with Crippen LogP contribution in [0.3, 0.4) is 0 Å². The van der Waals surface area contributed by atoms with Gasteiger partial charge in [0.05, 0.1) is 18.3 Å². The summed E-state index contributed by atoms with van der Waals surface area (Å²) in [5.41, 5.74) is -2.59. The van der Waals surface area contributed by atoms with E-state index in [0.717, 1.165) is 0 Å². The summed E-state index contributed by atoms with van der Waals surface area (Å²) in [5, 5.41) is 30.8. The molecule has 1 aromatic rings. The second-order valence-corrected chi connectivity index (χ2v) is 6.14.